The highest BCUT2D eigenvalue weighted by atomic mass is 127. The van der Waals surface area contributed by atoms with Crippen molar-refractivity contribution in [2.75, 3.05) is 57.4 Å². The molecule has 2 aliphatic rings. The molecule has 1 aromatic rings. The molecule has 0 aromatic heterocycles. The molecule has 2 fully saturated rings. The molecule has 28 heavy (non-hydrogen) atoms. The number of para-hydroxylation sites is 1. The van der Waals surface area contributed by atoms with Crippen LogP contribution >= 0.6 is 24.0 Å². The average Bonchev–Trinajstić information content (AvgIpc) is 3.35. The SMILES string of the molecule is CCNC(=NCC1(CCO)CCOC1)NCC1CCN(c2ccccc2)C1.I. The van der Waals surface area contributed by atoms with Crippen LogP contribution in [-0.4, -0.2) is 63.6 Å². The van der Waals surface area contributed by atoms with Crippen LogP contribution in [0.3, 0.4) is 0 Å². The Hall–Kier alpha value is -1.06. The average molecular weight is 502 g/mol. The summed E-state index contributed by atoms with van der Waals surface area (Å²) in [5, 5.41) is 16.3. The Balaban J connectivity index is 0.00000280. The molecule has 0 saturated carbocycles. The second-order valence-corrected chi connectivity index (χ2v) is 7.79. The van der Waals surface area contributed by atoms with Crippen LogP contribution in [-0.2, 0) is 4.74 Å². The summed E-state index contributed by atoms with van der Waals surface area (Å²) >= 11 is 0. The number of hydrogen-bond donors (Lipinski definition) is 3. The molecule has 0 amide bonds. The summed E-state index contributed by atoms with van der Waals surface area (Å²) in [7, 11) is 0. The second kappa shape index (κ2) is 11.8. The molecule has 3 rings (SSSR count). The van der Waals surface area contributed by atoms with Crippen molar-refractivity contribution in [2.45, 2.75) is 26.2 Å². The fraction of sp³-hybridized carbons (Fsp3) is 0.667. The first-order valence-electron chi connectivity index (χ1n) is 10.3. The van der Waals surface area contributed by atoms with E-state index in [2.05, 4.69) is 52.8 Å². The van der Waals surface area contributed by atoms with Gasteiger partial charge in [-0.15, -0.1) is 24.0 Å². The van der Waals surface area contributed by atoms with E-state index in [0.717, 1.165) is 51.6 Å². The van der Waals surface area contributed by atoms with Crippen LogP contribution in [0.4, 0.5) is 5.69 Å². The van der Waals surface area contributed by atoms with Gasteiger partial charge >= 0.3 is 0 Å². The van der Waals surface area contributed by atoms with E-state index >= 15 is 0 Å². The molecular formula is C21H35IN4O2. The van der Waals surface area contributed by atoms with Crippen molar-refractivity contribution in [3.63, 3.8) is 0 Å². The van der Waals surface area contributed by atoms with Crippen molar-refractivity contribution in [3.05, 3.63) is 30.3 Å². The Morgan fingerprint density at radius 3 is 2.82 bits per heavy atom. The minimum absolute atomic E-state index is 0. The summed E-state index contributed by atoms with van der Waals surface area (Å²) in [6, 6.07) is 10.6. The fourth-order valence-corrected chi connectivity index (χ4v) is 3.99. The number of rotatable bonds is 8. The highest BCUT2D eigenvalue weighted by Crippen LogP contribution is 2.32. The molecule has 2 atom stereocenters. The molecule has 2 heterocycles. The quantitative estimate of drug-likeness (QED) is 0.290. The number of hydrogen-bond acceptors (Lipinski definition) is 4. The fourth-order valence-electron chi connectivity index (χ4n) is 3.99. The van der Waals surface area contributed by atoms with Gasteiger partial charge < -0.3 is 25.4 Å². The number of nitrogens with zero attached hydrogens (tertiary/aromatic N) is 2. The van der Waals surface area contributed by atoms with Crippen LogP contribution in [0.2, 0.25) is 0 Å². The van der Waals surface area contributed by atoms with Gasteiger partial charge in [0.25, 0.3) is 0 Å². The summed E-state index contributed by atoms with van der Waals surface area (Å²) < 4.78 is 5.57. The number of aliphatic hydroxyl groups excluding tert-OH is 1. The number of nitrogens with one attached hydrogen (secondary N) is 2. The lowest BCUT2D eigenvalue weighted by atomic mass is 9.84. The highest BCUT2D eigenvalue weighted by molar-refractivity contribution is 14.0. The van der Waals surface area contributed by atoms with Gasteiger partial charge in [0, 0.05) is 50.5 Å². The molecule has 0 aliphatic carbocycles. The molecule has 1 aromatic carbocycles. The Morgan fingerprint density at radius 2 is 2.14 bits per heavy atom. The number of aliphatic hydroxyl groups is 1. The van der Waals surface area contributed by atoms with Crippen molar-refractivity contribution >= 4 is 35.6 Å². The third kappa shape index (κ3) is 6.49. The van der Waals surface area contributed by atoms with Gasteiger partial charge in [-0.2, -0.15) is 0 Å². The number of aliphatic imine (C=N–C) groups is 1. The lowest BCUT2D eigenvalue weighted by molar-refractivity contribution is 0.131. The third-order valence-corrected chi connectivity index (χ3v) is 5.71. The van der Waals surface area contributed by atoms with E-state index in [4.69, 9.17) is 9.73 Å². The Kier molecular flexibility index (Phi) is 9.81. The molecule has 2 unspecified atom stereocenters. The lowest BCUT2D eigenvalue weighted by Gasteiger charge is -2.25. The van der Waals surface area contributed by atoms with Crippen molar-refractivity contribution < 1.29 is 9.84 Å². The molecule has 6 nitrogen and oxygen atoms in total. The predicted molar refractivity (Wildman–Crippen MR) is 126 cm³/mol. The predicted octanol–water partition coefficient (Wildman–Crippen LogP) is 2.48. The molecule has 2 saturated heterocycles. The summed E-state index contributed by atoms with van der Waals surface area (Å²) in [4.78, 5) is 7.27. The van der Waals surface area contributed by atoms with Gasteiger partial charge in [0.05, 0.1) is 13.2 Å². The summed E-state index contributed by atoms with van der Waals surface area (Å²) in [6.07, 6.45) is 2.93. The van der Waals surface area contributed by atoms with Crippen molar-refractivity contribution in [3.8, 4) is 0 Å². The van der Waals surface area contributed by atoms with Crippen LogP contribution in [0.1, 0.15) is 26.2 Å². The summed E-state index contributed by atoms with van der Waals surface area (Å²) in [6.45, 7) is 8.42. The first kappa shape index (κ1) is 23.2. The number of halogens is 1. The monoisotopic (exact) mass is 502 g/mol. The van der Waals surface area contributed by atoms with Crippen molar-refractivity contribution in [2.24, 2.45) is 16.3 Å². The molecular weight excluding hydrogens is 467 g/mol. The number of anilines is 1. The molecule has 158 valence electrons. The second-order valence-electron chi connectivity index (χ2n) is 7.79. The van der Waals surface area contributed by atoms with E-state index in [1.165, 1.54) is 12.1 Å². The van der Waals surface area contributed by atoms with Crippen molar-refractivity contribution in [1.82, 2.24) is 10.6 Å². The molecule has 3 N–H and O–H groups in total. The zero-order valence-electron chi connectivity index (χ0n) is 16.9. The third-order valence-electron chi connectivity index (χ3n) is 5.71. The Labute approximate surface area is 186 Å². The van der Waals surface area contributed by atoms with Gasteiger partial charge in [-0.3, -0.25) is 4.99 Å². The molecule has 2 aliphatic heterocycles. The van der Waals surface area contributed by atoms with E-state index in [1.807, 2.05) is 0 Å². The normalized spacial score (nSPS) is 24.9. The van der Waals surface area contributed by atoms with E-state index < -0.39 is 0 Å². The standard InChI is InChI=1S/C21H34N4O2.HI/c1-2-22-20(24-16-21(9-12-26)10-13-27-17-21)23-14-18-8-11-25(15-18)19-6-4-3-5-7-19;/h3-7,18,26H,2,8-17H2,1H3,(H2,22,23,24);1H. The highest BCUT2D eigenvalue weighted by Gasteiger charge is 2.34. The van der Waals surface area contributed by atoms with Gasteiger partial charge in [0.1, 0.15) is 0 Å². The molecule has 0 bridgehead atoms. The largest absolute Gasteiger partial charge is 0.396 e. The first-order chi connectivity index (χ1) is 13.2. The molecule has 7 heteroatoms. The van der Waals surface area contributed by atoms with Gasteiger partial charge in [-0.1, -0.05) is 18.2 Å². The first-order valence-corrected chi connectivity index (χ1v) is 10.3. The minimum atomic E-state index is -0.00539. The lowest BCUT2D eigenvalue weighted by Crippen LogP contribution is -2.41. The van der Waals surface area contributed by atoms with Crippen LogP contribution in [0.5, 0.6) is 0 Å². The Morgan fingerprint density at radius 1 is 1.32 bits per heavy atom. The van der Waals surface area contributed by atoms with Crippen molar-refractivity contribution in [1.29, 1.82) is 0 Å². The van der Waals surface area contributed by atoms with Gasteiger partial charge in [-0.05, 0) is 44.2 Å². The van der Waals surface area contributed by atoms with Gasteiger partial charge in [0.2, 0.25) is 0 Å². The maximum absolute atomic E-state index is 9.39. The number of benzene rings is 1. The topological polar surface area (TPSA) is 69.1 Å². The van der Waals surface area contributed by atoms with Gasteiger partial charge in [-0.25, -0.2) is 0 Å². The zero-order valence-corrected chi connectivity index (χ0v) is 19.2. The number of ether oxygens (including phenoxy) is 1. The Bertz CT molecular complexity index is 593. The maximum Gasteiger partial charge on any atom is 0.191 e. The van der Waals surface area contributed by atoms with E-state index in [0.29, 0.717) is 19.1 Å². The smallest absolute Gasteiger partial charge is 0.191 e. The van der Waals surface area contributed by atoms with E-state index in [9.17, 15) is 5.11 Å². The van der Waals surface area contributed by atoms with Crippen LogP contribution in [0.25, 0.3) is 0 Å². The molecule has 0 radical (unpaired) electrons. The summed E-state index contributed by atoms with van der Waals surface area (Å²) in [5.41, 5.74) is 1.31. The zero-order chi connectivity index (χ0) is 19.0. The van der Waals surface area contributed by atoms with Crippen LogP contribution < -0.4 is 15.5 Å². The maximum atomic E-state index is 9.39. The number of guanidine groups is 1. The minimum Gasteiger partial charge on any atom is -0.396 e. The van der Waals surface area contributed by atoms with E-state index in [1.54, 1.807) is 0 Å². The van der Waals surface area contributed by atoms with Gasteiger partial charge in [0.15, 0.2) is 5.96 Å². The van der Waals surface area contributed by atoms with Crippen LogP contribution in [0.15, 0.2) is 35.3 Å². The van der Waals surface area contributed by atoms with Crippen LogP contribution in [0, 0.1) is 11.3 Å². The summed E-state index contributed by atoms with van der Waals surface area (Å²) in [5.74, 6) is 1.50. The molecule has 0 spiro atoms. The van der Waals surface area contributed by atoms with E-state index in [-0.39, 0.29) is 36.0 Å².